The molecule has 0 unspecified atom stereocenters. The van der Waals surface area contributed by atoms with Gasteiger partial charge in [-0.1, -0.05) is 12.1 Å². The minimum Gasteiger partial charge on any atom is -0.497 e. The van der Waals surface area contributed by atoms with E-state index in [1.165, 1.54) is 0 Å². The maximum atomic E-state index is 5.79. The normalized spacial score (nSPS) is 10.6. The number of nitrogens with zero attached hydrogens (tertiary/aromatic N) is 3. The Bertz CT molecular complexity index is 756. The number of aromatic nitrogens is 4. The molecule has 0 bridgehead atoms. The van der Waals surface area contributed by atoms with E-state index in [0.717, 1.165) is 11.3 Å². The van der Waals surface area contributed by atoms with Crippen molar-refractivity contribution in [3.05, 3.63) is 36.2 Å². The molecular weight excluding hydrogens is 270 g/mol. The molecule has 0 amide bonds. The predicted molar refractivity (Wildman–Crippen MR) is 78.6 cm³/mol. The fraction of sp³-hybridized carbons (Fsp3) is 0.214. The summed E-state index contributed by atoms with van der Waals surface area (Å²) in [5.41, 5.74) is 2.23. The van der Waals surface area contributed by atoms with Crippen LogP contribution < -0.4 is 14.8 Å². The fourth-order valence-electron chi connectivity index (χ4n) is 1.94. The number of nitrogens with one attached hydrogen (secondary N) is 2. The van der Waals surface area contributed by atoms with Crippen LogP contribution in [-0.4, -0.2) is 34.1 Å². The summed E-state index contributed by atoms with van der Waals surface area (Å²) in [4.78, 5) is 15.6. The van der Waals surface area contributed by atoms with Crippen LogP contribution in [0, 0.1) is 0 Å². The van der Waals surface area contributed by atoms with Crippen LogP contribution in [0.2, 0.25) is 0 Å². The maximum absolute atomic E-state index is 5.79. The van der Waals surface area contributed by atoms with Gasteiger partial charge < -0.3 is 19.8 Å². The third-order valence-electron chi connectivity index (χ3n) is 2.99. The molecule has 1 aromatic carbocycles. The molecule has 0 spiro atoms. The van der Waals surface area contributed by atoms with Crippen molar-refractivity contribution in [3.8, 4) is 11.6 Å². The van der Waals surface area contributed by atoms with Crippen LogP contribution in [0.25, 0.3) is 11.2 Å². The Labute approximate surface area is 121 Å². The molecule has 0 aliphatic rings. The van der Waals surface area contributed by atoms with Gasteiger partial charge in [0.1, 0.15) is 17.9 Å². The second kappa shape index (κ2) is 5.66. The van der Waals surface area contributed by atoms with E-state index in [9.17, 15) is 0 Å². The van der Waals surface area contributed by atoms with Gasteiger partial charge in [-0.15, -0.1) is 0 Å². The molecule has 0 fully saturated rings. The first kappa shape index (κ1) is 13.2. The number of methoxy groups -OCH3 is 1. The third kappa shape index (κ3) is 2.71. The van der Waals surface area contributed by atoms with Crippen LogP contribution in [-0.2, 0) is 6.61 Å². The van der Waals surface area contributed by atoms with Crippen LogP contribution in [0.15, 0.2) is 30.6 Å². The first-order chi connectivity index (χ1) is 10.3. The number of anilines is 1. The molecule has 2 heterocycles. The monoisotopic (exact) mass is 285 g/mol. The lowest BCUT2D eigenvalue weighted by atomic mass is 10.2. The molecule has 3 aromatic rings. The van der Waals surface area contributed by atoms with Gasteiger partial charge in [0, 0.05) is 7.05 Å². The summed E-state index contributed by atoms with van der Waals surface area (Å²) in [6.45, 7) is 0.380. The van der Waals surface area contributed by atoms with Crippen molar-refractivity contribution < 1.29 is 9.47 Å². The van der Waals surface area contributed by atoms with Gasteiger partial charge in [-0.25, -0.2) is 4.98 Å². The lowest BCUT2D eigenvalue weighted by Crippen LogP contribution is -2.02. The van der Waals surface area contributed by atoms with Crippen LogP contribution >= 0.6 is 0 Å². The Morgan fingerprint density at radius 2 is 2.19 bits per heavy atom. The van der Waals surface area contributed by atoms with Gasteiger partial charge in [-0.3, -0.25) is 0 Å². The number of H-pyrrole nitrogens is 1. The van der Waals surface area contributed by atoms with Gasteiger partial charge in [0.15, 0.2) is 5.65 Å². The number of hydrogen-bond acceptors (Lipinski definition) is 6. The number of imidazole rings is 1. The molecule has 3 rings (SSSR count). The number of ether oxygens (including phenoxy) is 2. The quantitative estimate of drug-likeness (QED) is 0.745. The SMILES string of the molecule is CNc1nc(OCc2cccc(OC)c2)c2[nH]cnc2n1. The average molecular weight is 285 g/mol. The molecule has 0 saturated heterocycles. The topological polar surface area (TPSA) is 85.0 Å². The first-order valence-electron chi connectivity index (χ1n) is 6.45. The summed E-state index contributed by atoms with van der Waals surface area (Å²) in [6, 6.07) is 7.69. The fourth-order valence-corrected chi connectivity index (χ4v) is 1.94. The maximum Gasteiger partial charge on any atom is 0.245 e. The van der Waals surface area contributed by atoms with Gasteiger partial charge in [-0.05, 0) is 17.7 Å². The van der Waals surface area contributed by atoms with Gasteiger partial charge in [0.25, 0.3) is 0 Å². The molecule has 0 radical (unpaired) electrons. The largest absolute Gasteiger partial charge is 0.497 e. The molecule has 0 aliphatic heterocycles. The van der Waals surface area contributed by atoms with Crippen molar-refractivity contribution in [2.24, 2.45) is 0 Å². The van der Waals surface area contributed by atoms with Crippen LogP contribution in [0.5, 0.6) is 11.6 Å². The molecular formula is C14H15N5O2. The van der Waals surface area contributed by atoms with E-state index < -0.39 is 0 Å². The molecule has 2 aromatic heterocycles. The van der Waals surface area contributed by atoms with Crippen molar-refractivity contribution in [3.63, 3.8) is 0 Å². The summed E-state index contributed by atoms with van der Waals surface area (Å²) < 4.78 is 11.0. The first-order valence-corrected chi connectivity index (χ1v) is 6.45. The zero-order valence-corrected chi connectivity index (χ0v) is 11.8. The Hall–Kier alpha value is -2.83. The van der Waals surface area contributed by atoms with E-state index in [2.05, 4.69) is 25.3 Å². The number of hydrogen-bond donors (Lipinski definition) is 2. The zero-order chi connectivity index (χ0) is 14.7. The molecule has 0 atom stereocenters. The number of aromatic amines is 1. The molecule has 2 N–H and O–H groups in total. The van der Waals surface area contributed by atoms with Crippen molar-refractivity contribution in [2.75, 3.05) is 19.5 Å². The third-order valence-corrected chi connectivity index (χ3v) is 2.99. The predicted octanol–water partition coefficient (Wildman–Crippen LogP) is 1.98. The minimum absolute atomic E-state index is 0.380. The number of benzene rings is 1. The lowest BCUT2D eigenvalue weighted by molar-refractivity contribution is 0.296. The van der Waals surface area contributed by atoms with Gasteiger partial charge in [-0.2, -0.15) is 9.97 Å². The smallest absolute Gasteiger partial charge is 0.245 e. The highest BCUT2D eigenvalue weighted by Gasteiger charge is 2.10. The molecule has 7 heteroatoms. The Morgan fingerprint density at radius 3 is 3.00 bits per heavy atom. The van der Waals surface area contributed by atoms with Crippen molar-refractivity contribution >= 4 is 17.1 Å². The highest BCUT2D eigenvalue weighted by Crippen LogP contribution is 2.22. The van der Waals surface area contributed by atoms with E-state index in [1.54, 1.807) is 20.5 Å². The second-order valence-corrected chi connectivity index (χ2v) is 4.34. The average Bonchev–Trinajstić information content (AvgIpc) is 3.01. The summed E-state index contributed by atoms with van der Waals surface area (Å²) in [5.74, 6) is 1.72. The van der Waals surface area contributed by atoms with E-state index in [-0.39, 0.29) is 0 Å². The minimum atomic E-state index is 0.380. The van der Waals surface area contributed by atoms with E-state index in [0.29, 0.717) is 29.6 Å². The Morgan fingerprint density at radius 1 is 1.29 bits per heavy atom. The lowest BCUT2D eigenvalue weighted by Gasteiger charge is -2.08. The van der Waals surface area contributed by atoms with Crippen LogP contribution in [0.3, 0.4) is 0 Å². The molecule has 21 heavy (non-hydrogen) atoms. The Kier molecular flexibility index (Phi) is 3.55. The Balaban J connectivity index is 1.85. The van der Waals surface area contributed by atoms with Crippen molar-refractivity contribution in [1.82, 2.24) is 19.9 Å². The molecule has 108 valence electrons. The van der Waals surface area contributed by atoms with E-state index >= 15 is 0 Å². The molecule has 0 aliphatic carbocycles. The highest BCUT2D eigenvalue weighted by atomic mass is 16.5. The second-order valence-electron chi connectivity index (χ2n) is 4.34. The number of fused-ring (bicyclic) bond motifs is 1. The molecule has 0 saturated carbocycles. The summed E-state index contributed by atoms with van der Waals surface area (Å²) in [7, 11) is 3.39. The van der Waals surface area contributed by atoms with E-state index in [4.69, 9.17) is 9.47 Å². The summed E-state index contributed by atoms with van der Waals surface area (Å²) in [6.07, 6.45) is 1.57. The zero-order valence-electron chi connectivity index (χ0n) is 11.8. The standard InChI is InChI=1S/C14H15N5O2/c1-15-14-18-12-11(16-8-17-12)13(19-14)21-7-9-4-3-5-10(6-9)20-2/h3-6,8H,7H2,1-2H3,(H2,15,16,17,18,19). The molecule has 7 nitrogen and oxygen atoms in total. The van der Waals surface area contributed by atoms with Gasteiger partial charge in [0.2, 0.25) is 11.8 Å². The van der Waals surface area contributed by atoms with Crippen LogP contribution in [0.1, 0.15) is 5.56 Å². The van der Waals surface area contributed by atoms with Gasteiger partial charge in [0.05, 0.1) is 13.4 Å². The summed E-state index contributed by atoms with van der Waals surface area (Å²) >= 11 is 0. The van der Waals surface area contributed by atoms with Gasteiger partial charge >= 0.3 is 0 Å². The van der Waals surface area contributed by atoms with Crippen molar-refractivity contribution in [1.29, 1.82) is 0 Å². The number of rotatable bonds is 5. The van der Waals surface area contributed by atoms with E-state index in [1.807, 2.05) is 24.3 Å². The highest BCUT2D eigenvalue weighted by molar-refractivity contribution is 5.76. The summed E-state index contributed by atoms with van der Waals surface area (Å²) in [5, 5.41) is 2.89. The van der Waals surface area contributed by atoms with Crippen molar-refractivity contribution in [2.45, 2.75) is 6.61 Å². The van der Waals surface area contributed by atoms with Crippen LogP contribution in [0.4, 0.5) is 5.95 Å².